The number of halogens is 1. The van der Waals surface area contributed by atoms with Crippen LogP contribution >= 0.6 is 11.6 Å². The van der Waals surface area contributed by atoms with Gasteiger partial charge in [0.1, 0.15) is 0 Å². The van der Waals surface area contributed by atoms with E-state index in [2.05, 4.69) is 24.3 Å². The van der Waals surface area contributed by atoms with Crippen LogP contribution < -0.4 is 0 Å². The summed E-state index contributed by atoms with van der Waals surface area (Å²) in [6, 6.07) is 10.5. The number of benzene rings is 1. The Kier molecular flexibility index (Phi) is 5.06. The van der Waals surface area contributed by atoms with Crippen LogP contribution in [0.4, 0.5) is 0 Å². The first kappa shape index (κ1) is 13.4. The largest absolute Gasteiger partial charge is 0.342 e. The molecular formula is C15H20ClNO. The third kappa shape index (κ3) is 3.49. The van der Waals surface area contributed by atoms with Gasteiger partial charge in [-0.25, -0.2) is 0 Å². The van der Waals surface area contributed by atoms with Crippen molar-refractivity contribution in [1.29, 1.82) is 0 Å². The van der Waals surface area contributed by atoms with Crippen LogP contribution in [0.2, 0.25) is 0 Å². The Balaban J connectivity index is 1.83. The van der Waals surface area contributed by atoms with Crippen LogP contribution in [-0.4, -0.2) is 29.8 Å². The highest BCUT2D eigenvalue weighted by Gasteiger charge is 2.26. The second-order valence-corrected chi connectivity index (χ2v) is 5.26. The molecule has 0 N–H and O–H groups in total. The smallest absolute Gasteiger partial charge is 0.222 e. The van der Waals surface area contributed by atoms with Gasteiger partial charge in [-0.15, -0.1) is 11.6 Å². The molecule has 1 aromatic rings. The molecule has 0 bridgehead atoms. The second-order valence-electron chi connectivity index (χ2n) is 4.88. The van der Waals surface area contributed by atoms with Crippen molar-refractivity contribution in [1.82, 2.24) is 4.90 Å². The number of rotatable bonds is 5. The summed E-state index contributed by atoms with van der Waals surface area (Å²) in [5.41, 5.74) is 1.36. The van der Waals surface area contributed by atoms with Gasteiger partial charge >= 0.3 is 0 Å². The highest BCUT2D eigenvalue weighted by atomic mass is 35.5. The zero-order chi connectivity index (χ0) is 12.8. The fraction of sp³-hybridized carbons (Fsp3) is 0.533. The normalized spacial score (nSPS) is 19.2. The molecule has 0 spiro atoms. The summed E-state index contributed by atoms with van der Waals surface area (Å²) in [6.45, 7) is 1.78. The highest BCUT2D eigenvalue weighted by molar-refractivity contribution is 6.17. The van der Waals surface area contributed by atoms with E-state index >= 15 is 0 Å². The molecule has 0 aliphatic carbocycles. The maximum atomic E-state index is 12.0. The molecule has 98 valence electrons. The van der Waals surface area contributed by atoms with Gasteiger partial charge in [0, 0.05) is 31.3 Å². The number of carbonyl (C=O) groups is 1. The number of alkyl halides is 1. The lowest BCUT2D eigenvalue weighted by molar-refractivity contribution is -0.130. The lowest BCUT2D eigenvalue weighted by Gasteiger charge is -2.16. The molecule has 0 saturated carbocycles. The molecule has 3 heteroatoms. The summed E-state index contributed by atoms with van der Waals surface area (Å²) < 4.78 is 0. The number of hydrogen-bond donors (Lipinski definition) is 0. The molecular weight excluding hydrogens is 246 g/mol. The van der Waals surface area contributed by atoms with Gasteiger partial charge in [-0.2, -0.15) is 0 Å². The van der Waals surface area contributed by atoms with E-state index in [1.807, 2.05) is 11.0 Å². The maximum absolute atomic E-state index is 12.0. The van der Waals surface area contributed by atoms with Gasteiger partial charge < -0.3 is 4.90 Å². The Morgan fingerprint density at radius 1 is 1.28 bits per heavy atom. The van der Waals surface area contributed by atoms with Gasteiger partial charge in [-0.05, 0) is 24.8 Å². The molecule has 1 heterocycles. The van der Waals surface area contributed by atoms with E-state index in [4.69, 9.17) is 11.6 Å². The minimum absolute atomic E-state index is 0.290. The van der Waals surface area contributed by atoms with Gasteiger partial charge in [0.2, 0.25) is 5.91 Å². The Hall–Kier alpha value is -1.02. The lowest BCUT2D eigenvalue weighted by Crippen LogP contribution is -2.28. The number of carbonyl (C=O) groups excluding carboxylic acids is 1. The molecule has 1 fully saturated rings. The van der Waals surface area contributed by atoms with Crippen molar-refractivity contribution < 1.29 is 4.79 Å². The summed E-state index contributed by atoms with van der Waals surface area (Å²) in [5.74, 6) is 1.46. The van der Waals surface area contributed by atoms with Crippen molar-refractivity contribution in [3.05, 3.63) is 35.9 Å². The molecule has 0 radical (unpaired) electrons. The van der Waals surface area contributed by atoms with Crippen molar-refractivity contribution in [3.8, 4) is 0 Å². The number of amides is 1. The molecule has 1 aliphatic rings. The molecule has 1 amide bonds. The average Bonchev–Trinajstić information content (AvgIpc) is 2.89. The van der Waals surface area contributed by atoms with Crippen LogP contribution in [0.5, 0.6) is 0 Å². The van der Waals surface area contributed by atoms with Gasteiger partial charge in [-0.3, -0.25) is 4.79 Å². The van der Waals surface area contributed by atoms with Gasteiger partial charge in [-0.1, -0.05) is 30.3 Å². The number of nitrogens with zero attached hydrogens (tertiary/aromatic N) is 1. The van der Waals surface area contributed by atoms with E-state index < -0.39 is 0 Å². The van der Waals surface area contributed by atoms with Crippen molar-refractivity contribution in [3.63, 3.8) is 0 Å². The first-order chi connectivity index (χ1) is 8.81. The minimum Gasteiger partial charge on any atom is -0.342 e. The molecule has 1 aromatic carbocycles. The molecule has 1 unspecified atom stereocenters. The van der Waals surface area contributed by atoms with E-state index in [0.717, 1.165) is 32.4 Å². The molecule has 1 atom stereocenters. The Morgan fingerprint density at radius 3 is 2.78 bits per heavy atom. The van der Waals surface area contributed by atoms with Crippen LogP contribution in [0.1, 0.15) is 37.2 Å². The van der Waals surface area contributed by atoms with Crippen molar-refractivity contribution in [2.45, 2.75) is 31.6 Å². The molecule has 1 aliphatic heterocycles. The van der Waals surface area contributed by atoms with Crippen LogP contribution in [0.3, 0.4) is 0 Å². The standard InChI is InChI=1S/C15H20ClNO/c16-10-5-4-8-15(18)17-11-9-14(12-17)13-6-2-1-3-7-13/h1-3,6-7,14H,4-5,8-12H2. The number of unbranched alkanes of at least 4 members (excludes halogenated alkanes) is 1. The fourth-order valence-electron chi connectivity index (χ4n) is 2.51. The third-order valence-corrected chi connectivity index (χ3v) is 3.85. The summed E-state index contributed by atoms with van der Waals surface area (Å²) in [5, 5.41) is 0. The van der Waals surface area contributed by atoms with E-state index in [1.54, 1.807) is 0 Å². The van der Waals surface area contributed by atoms with Gasteiger partial charge in [0.25, 0.3) is 0 Å². The first-order valence-corrected chi connectivity index (χ1v) is 7.23. The topological polar surface area (TPSA) is 20.3 Å². The van der Waals surface area contributed by atoms with E-state index in [-0.39, 0.29) is 0 Å². The summed E-state index contributed by atoms with van der Waals surface area (Å²) in [4.78, 5) is 14.0. The summed E-state index contributed by atoms with van der Waals surface area (Å²) >= 11 is 5.62. The molecule has 0 aromatic heterocycles. The van der Waals surface area contributed by atoms with Gasteiger partial charge in [0.05, 0.1) is 0 Å². The molecule has 2 nitrogen and oxygen atoms in total. The number of likely N-dealkylation sites (tertiary alicyclic amines) is 1. The SMILES string of the molecule is O=C(CCCCCl)N1CCC(c2ccccc2)C1. The third-order valence-electron chi connectivity index (χ3n) is 3.59. The first-order valence-electron chi connectivity index (χ1n) is 6.70. The minimum atomic E-state index is 0.290. The monoisotopic (exact) mass is 265 g/mol. The molecule has 2 rings (SSSR count). The molecule has 1 saturated heterocycles. The predicted molar refractivity (Wildman–Crippen MR) is 75.0 cm³/mol. The summed E-state index contributed by atoms with van der Waals surface area (Å²) in [6.07, 6.45) is 3.58. The maximum Gasteiger partial charge on any atom is 0.222 e. The Morgan fingerprint density at radius 2 is 2.06 bits per heavy atom. The van der Waals surface area contributed by atoms with Crippen LogP contribution in [0.25, 0.3) is 0 Å². The average molecular weight is 266 g/mol. The zero-order valence-electron chi connectivity index (χ0n) is 10.6. The Labute approximate surface area is 114 Å². The fourth-order valence-corrected chi connectivity index (χ4v) is 2.70. The zero-order valence-corrected chi connectivity index (χ0v) is 11.4. The molecule has 18 heavy (non-hydrogen) atoms. The van der Waals surface area contributed by atoms with Crippen molar-refractivity contribution in [2.24, 2.45) is 0 Å². The quantitative estimate of drug-likeness (QED) is 0.590. The lowest BCUT2D eigenvalue weighted by atomic mass is 9.99. The Bertz CT molecular complexity index is 379. The summed E-state index contributed by atoms with van der Waals surface area (Å²) in [7, 11) is 0. The predicted octanol–water partition coefficient (Wildman–Crippen LogP) is 3.41. The second kappa shape index (κ2) is 6.79. The van der Waals surface area contributed by atoms with E-state index in [0.29, 0.717) is 24.1 Å². The van der Waals surface area contributed by atoms with E-state index in [9.17, 15) is 4.79 Å². The van der Waals surface area contributed by atoms with E-state index in [1.165, 1.54) is 5.56 Å². The highest BCUT2D eigenvalue weighted by Crippen LogP contribution is 2.27. The van der Waals surface area contributed by atoms with Crippen molar-refractivity contribution in [2.75, 3.05) is 19.0 Å². The van der Waals surface area contributed by atoms with Gasteiger partial charge in [0.15, 0.2) is 0 Å². The van der Waals surface area contributed by atoms with Crippen molar-refractivity contribution >= 4 is 17.5 Å². The van der Waals surface area contributed by atoms with Crippen LogP contribution in [-0.2, 0) is 4.79 Å². The van der Waals surface area contributed by atoms with Crippen LogP contribution in [0, 0.1) is 0 Å². The number of hydrogen-bond acceptors (Lipinski definition) is 1. The van der Waals surface area contributed by atoms with Crippen LogP contribution in [0.15, 0.2) is 30.3 Å².